The van der Waals surface area contributed by atoms with Gasteiger partial charge < -0.3 is 24.9 Å². The van der Waals surface area contributed by atoms with Gasteiger partial charge in [0.25, 0.3) is 0 Å². The van der Waals surface area contributed by atoms with E-state index in [1.54, 1.807) is 12.1 Å². The van der Waals surface area contributed by atoms with Gasteiger partial charge >= 0.3 is 11.8 Å². The first-order valence-electron chi connectivity index (χ1n) is 7.06. The number of carbonyl (C=O) groups is 2. The molecule has 0 spiro atoms. The topological polar surface area (TPSA) is 101 Å². The van der Waals surface area contributed by atoms with Gasteiger partial charge in [0, 0.05) is 19.7 Å². The normalized spacial score (nSPS) is 19.2. The fourth-order valence-electron chi connectivity index (χ4n) is 2.12. The molecule has 2 amide bonds. The van der Waals surface area contributed by atoms with E-state index in [0.717, 1.165) is 12.8 Å². The first-order valence-corrected chi connectivity index (χ1v) is 7.06. The number of carbonyl (C=O) groups excluding carboxylic acids is 2. The highest BCUT2D eigenvalue weighted by atomic mass is 16.5. The van der Waals surface area contributed by atoms with Crippen molar-refractivity contribution >= 4 is 11.8 Å². The molecule has 1 saturated heterocycles. The summed E-state index contributed by atoms with van der Waals surface area (Å²) in [5.41, 5.74) is 0. The van der Waals surface area contributed by atoms with E-state index in [2.05, 4.69) is 10.6 Å². The minimum absolute atomic E-state index is 0.00234. The van der Waals surface area contributed by atoms with Gasteiger partial charge in [-0.3, -0.25) is 9.59 Å². The van der Waals surface area contributed by atoms with Crippen LogP contribution in [0, 0.1) is 0 Å². The summed E-state index contributed by atoms with van der Waals surface area (Å²) in [6.45, 7) is 1.24. The van der Waals surface area contributed by atoms with Gasteiger partial charge in [-0.15, -0.1) is 0 Å². The molecule has 3 N–H and O–H groups in total. The van der Waals surface area contributed by atoms with Crippen LogP contribution in [0.4, 0.5) is 0 Å². The Morgan fingerprint density at radius 3 is 2.86 bits per heavy atom. The Morgan fingerprint density at radius 2 is 2.19 bits per heavy atom. The fourth-order valence-corrected chi connectivity index (χ4v) is 2.12. The van der Waals surface area contributed by atoms with Crippen LogP contribution in [0.25, 0.3) is 0 Å². The third kappa shape index (κ3) is 4.87. The third-order valence-corrected chi connectivity index (χ3v) is 3.30. The first-order chi connectivity index (χ1) is 10.2. The summed E-state index contributed by atoms with van der Waals surface area (Å²) in [6, 6.07) is 3.33. The smallest absolute Gasteiger partial charge is 0.309 e. The lowest BCUT2D eigenvalue weighted by Gasteiger charge is -2.11. The second kappa shape index (κ2) is 7.80. The maximum atomic E-state index is 11.5. The lowest BCUT2D eigenvalue weighted by molar-refractivity contribution is -0.139. The zero-order valence-corrected chi connectivity index (χ0v) is 11.7. The molecule has 0 bridgehead atoms. The average molecular weight is 296 g/mol. The van der Waals surface area contributed by atoms with E-state index in [1.807, 2.05) is 0 Å². The van der Waals surface area contributed by atoms with E-state index in [4.69, 9.17) is 9.15 Å². The van der Waals surface area contributed by atoms with Crippen LogP contribution >= 0.6 is 0 Å². The van der Waals surface area contributed by atoms with Crippen molar-refractivity contribution < 1.29 is 23.8 Å². The highest BCUT2D eigenvalue weighted by Gasteiger charge is 2.19. The molecule has 1 aromatic heterocycles. The number of nitrogens with one attached hydrogen (secondary N) is 2. The highest BCUT2D eigenvalue weighted by Crippen LogP contribution is 2.15. The van der Waals surface area contributed by atoms with E-state index in [-0.39, 0.29) is 19.1 Å². The SMILES string of the molecule is O=C(NCC[C@H](O)c1ccco1)C(=O)NC[C@H]1CCCO1. The van der Waals surface area contributed by atoms with Crippen molar-refractivity contribution in [3.63, 3.8) is 0 Å². The second-order valence-corrected chi connectivity index (χ2v) is 4.92. The quantitative estimate of drug-likeness (QED) is 0.647. The molecule has 2 atom stereocenters. The van der Waals surface area contributed by atoms with Crippen molar-refractivity contribution in [2.24, 2.45) is 0 Å². The largest absolute Gasteiger partial charge is 0.467 e. The Balaban J connectivity index is 1.60. The summed E-state index contributed by atoms with van der Waals surface area (Å²) in [6.07, 6.45) is 2.83. The monoisotopic (exact) mass is 296 g/mol. The molecule has 0 aromatic carbocycles. The van der Waals surface area contributed by atoms with Crippen LogP contribution in [-0.2, 0) is 14.3 Å². The fraction of sp³-hybridized carbons (Fsp3) is 0.571. The van der Waals surface area contributed by atoms with Gasteiger partial charge in [-0.05, 0) is 31.4 Å². The Morgan fingerprint density at radius 1 is 1.38 bits per heavy atom. The number of amides is 2. The lowest BCUT2D eigenvalue weighted by atomic mass is 10.2. The number of hydrogen-bond donors (Lipinski definition) is 3. The van der Waals surface area contributed by atoms with Gasteiger partial charge in [0.15, 0.2) is 0 Å². The number of aliphatic hydroxyl groups excluding tert-OH is 1. The summed E-state index contributed by atoms with van der Waals surface area (Å²) in [4.78, 5) is 23.1. The van der Waals surface area contributed by atoms with Crippen LogP contribution in [0.2, 0.25) is 0 Å². The Kier molecular flexibility index (Phi) is 5.77. The van der Waals surface area contributed by atoms with Crippen LogP contribution in [0.5, 0.6) is 0 Å². The van der Waals surface area contributed by atoms with Crippen molar-refractivity contribution in [1.29, 1.82) is 0 Å². The number of ether oxygens (including phenoxy) is 1. The summed E-state index contributed by atoms with van der Waals surface area (Å²) in [5, 5.41) is 14.7. The van der Waals surface area contributed by atoms with Crippen molar-refractivity contribution in [3.8, 4) is 0 Å². The van der Waals surface area contributed by atoms with E-state index >= 15 is 0 Å². The highest BCUT2D eigenvalue weighted by molar-refractivity contribution is 6.35. The summed E-state index contributed by atoms with van der Waals surface area (Å²) in [5.74, 6) is -0.954. The molecule has 1 aromatic rings. The van der Waals surface area contributed by atoms with E-state index in [0.29, 0.717) is 18.9 Å². The molecule has 116 valence electrons. The molecule has 1 fully saturated rings. The second-order valence-electron chi connectivity index (χ2n) is 4.92. The molecule has 1 aliphatic rings. The molecule has 7 nitrogen and oxygen atoms in total. The van der Waals surface area contributed by atoms with E-state index in [9.17, 15) is 14.7 Å². The lowest BCUT2D eigenvalue weighted by Crippen LogP contribution is -2.43. The number of rotatable bonds is 6. The molecule has 0 aliphatic carbocycles. The van der Waals surface area contributed by atoms with Crippen molar-refractivity contribution in [2.45, 2.75) is 31.5 Å². The van der Waals surface area contributed by atoms with Gasteiger partial charge in [0.05, 0.1) is 12.4 Å². The minimum Gasteiger partial charge on any atom is -0.467 e. The average Bonchev–Trinajstić information content (AvgIpc) is 3.17. The number of aliphatic hydroxyl groups is 1. The van der Waals surface area contributed by atoms with E-state index in [1.165, 1.54) is 6.26 Å². The predicted molar refractivity (Wildman–Crippen MR) is 73.3 cm³/mol. The van der Waals surface area contributed by atoms with Crippen molar-refractivity contribution in [1.82, 2.24) is 10.6 Å². The van der Waals surface area contributed by atoms with Crippen LogP contribution in [0.15, 0.2) is 22.8 Å². The number of hydrogen-bond acceptors (Lipinski definition) is 5. The molecular formula is C14H20N2O5. The predicted octanol–water partition coefficient (Wildman–Crippen LogP) is 0.114. The summed E-state index contributed by atoms with van der Waals surface area (Å²) < 4.78 is 10.4. The maximum Gasteiger partial charge on any atom is 0.309 e. The van der Waals surface area contributed by atoms with Gasteiger partial charge in [0.1, 0.15) is 11.9 Å². The van der Waals surface area contributed by atoms with Crippen LogP contribution in [0.1, 0.15) is 31.1 Å². The van der Waals surface area contributed by atoms with Gasteiger partial charge in [0.2, 0.25) is 0 Å². The molecular weight excluding hydrogens is 276 g/mol. The maximum absolute atomic E-state index is 11.5. The van der Waals surface area contributed by atoms with Crippen LogP contribution < -0.4 is 10.6 Å². The number of furan rings is 1. The molecule has 7 heteroatoms. The standard InChI is InChI=1S/C14H20N2O5/c17-11(12-4-2-8-21-12)5-6-15-13(18)14(19)16-9-10-3-1-7-20-10/h2,4,8,10-11,17H,1,3,5-7,9H2,(H,15,18)(H,16,19)/t10-,11+/m1/s1. The van der Waals surface area contributed by atoms with Gasteiger partial charge in [-0.1, -0.05) is 0 Å². The third-order valence-electron chi connectivity index (χ3n) is 3.30. The van der Waals surface area contributed by atoms with Gasteiger partial charge in [-0.25, -0.2) is 0 Å². The summed E-state index contributed by atoms with van der Waals surface area (Å²) in [7, 11) is 0. The Hall–Kier alpha value is -1.86. The minimum atomic E-state index is -0.796. The van der Waals surface area contributed by atoms with Crippen LogP contribution in [0.3, 0.4) is 0 Å². The molecule has 1 aliphatic heterocycles. The zero-order valence-electron chi connectivity index (χ0n) is 11.7. The molecule has 0 saturated carbocycles. The molecule has 2 heterocycles. The molecule has 21 heavy (non-hydrogen) atoms. The molecule has 0 unspecified atom stereocenters. The van der Waals surface area contributed by atoms with Crippen molar-refractivity contribution in [3.05, 3.63) is 24.2 Å². The molecule has 2 rings (SSSR count). The van der Waals surface area contributed by atoms with Crippen molar-refractivity contribution in [2.75, 3.05) is 19.7 Å². The zero-order chi connectivity index (χ0) is 15.1. The van der Waals surface area contributed by atoms with E-state index < -0.39 is 17.9 Å². The summed E-state index contributed by atoms with van der Waals surface area (Å²) >= 11 is 0. The van der Waals surface area contributed by atoms with Crippen LogP contribution in [-0.4, -0.2) is 42.7 Å². The Bertz CT molecular complexity index is 454. The molecule has 0 radical (unpaired) electrons. The first kappa shape index (κ1) is 15.5. The van der Waals surface area contributed by atoms with Gasteiger partial charge in [-0.2, -0.15) is 0 Å². The Labute approximate surface area is 122 Å².